The summed E-state index contributed by atoms with van der Waals surface area (Å²) >= 11 is 7.84. The molecular weight excluding hydrogens is 378 g/mol. The fourth-order valence-electron chi connectivity index (χ4n) is 2.93. The molecule has 4 aromatic rings. The van der Waals surface area contributed by atoms with Gasteiger partial charge >= 0.3 is 0 Å². The molecule has 0 atom stereocenters. The van der Waals surface area contributed by atoms with E-state index in [0.29, 0.717) is 33.5 Å². The van der Waals surface area contributed by atoms with Gasteiger partial charge in [-0.15, -0.1) is 6.58 Å². The lowest BCUT2D eigenvalue weighted by Crippen LogP contribution is -2.22. The molecule has 0 unspecified atom stereocenters. The zero-order valence-corrected chi connectivity index (χ0v) is 16.0. The van der Waals surface area contributed by atoms with Crippen LogP contribution < -0.4 is 5.56 Å². The lowest BCUT2D eigenvalue weighted by molar-refractivity contribution is 0.671. The molecule has 0 aliphatic carbocycles. The van der Waals surface area contributed by atoms with Crippen molar-refractivity contribution < 1.29 is 0 Å². The minimum Gasteiger partial charge on any atom is -0.283 e. The summed E-state index contributed by atoms with van der Waals surface area (Å²) in [6, 6.07) is 17.3. The van der Waals surface area contributed by atoms with Crippen LogP contribution in [-0.2, 0) is 12.3 Å². The molecular formula is C21H16ClN3OS. The molecule has 0 spiro atoms. The molecule has 27 heavy (non-hydrogen) atoms. The maximum atomic E-state index is 12.8. The summed E-state index contributed by atoms with van der Waals surface area (Å²) in [5, 5.41) is 2.75. The summed E-state index contributed by atoms with van der Waals surface area (Å²) in [6.45, 7) is 4.16. The Morgan fingerprint density at radius 3 is 2.63 bits per heavy atom. The van der Waals surface area contributed by atoms with Crippen molar-refractivity contribution in [2.45, 2.75) is 17.5 Å². The number of hydrogen-bond acceptors (Lipinski definition) is 4. The van der Waals surface area contributed by atoms with Gasteiger partial charge < -0.3 is 0 Å². The van der Waals surface area contributed by atoms with Crippen molar-refractivity contribution in [3.05, 3.63) is 88.3 Å². The summed E-state index contributed by atoms with van der Waals surface area (Å²) < 4.78 is 1.64. The van der Waals surface area contributed by atoms with E-state index in [2.05, 4.69) is 16.5 Å². The summed E-state index contributed by atoms with van der Waals surface area (Å²) in [6.07, 6.45) is 1.70. The van der Waals surface area contributed by atoms with Gasteiger partial charge in [0.2, 0.25) is 0 Å². The number of fused-ring (bicyclic) bond motifs is 2. The molecule has 2 aromatic heterocycles. The van der Waals surface area contributed by atoms with Crippen LogP contribution >= 0.6 is 23.4 Å². The standard InChI is InChI=1S/C21H16ClN3OS/c1-2-11-25-20(26)16-8-4-6-10-18(16)24-21(25)27-13-15-12-14-7-3-5-9-17(14)23-19(15)22/h2-10,12H,1,11,13H2. The maximum Gasteiger partial charge on any atom is 0.262 e. The van der Waals surface area contributed by atoms with Crippen molar-refractivity contribution in [1.82, 2.24) is 14.5 Å². The van der Waals surface area contributed by atoms with Gasteiger partial charge in [0.15, 0.2) is 5.16 Å². The van der Waals surface area contributed by atoms with Gasteiger partial charge in [0.05, 0.1) is 16.4 Å². The summed E-state index contributed by atoms with van der Waals surface area (Å²) in [5.74, 6) is 0.568. The number of aromatic nitrogens is 3. The molecule has 4 rings (SSSR count). The highest BCUT2D eigenvalue weighted by molar-refractivity contribution is 7.98. The van der Waals surface area contributed by atoms with Gasteiger partial charge in [-0.3, -0.25) is 9.36 Å². The van der Waals surface area contributed by atoms with Gasteiger partial charge in [-0.05, 0) is 24.3 Å². The van der Waals surface area contributed by atoms with E-state index in [1.807, 2.05) is 48.5 Å². The molecule has 0 radical (unpaired) electrons. The molecule has 0 amide bonds. The van der Waals surface area contributed by atoms with Gasteiger partial charge in [-0.25, -0.2) is 9.97 Å². The van der Waals surface area contributed by atoms with Gasteiger partial charge in [0, 0.05) is 23.2 Å². The average molecular weight is 394 g/mol. The molecule has 0 aliphatic heterocycles. The predicted octanol–water partition coefficient (Wildman–Crippen LogP) is 5.08. The van der Waals surface area contributed by atoms with Gasteiger partial charge in [-0.1, -0.05) is 59.8 Å². The molecule has 134 valence electrons. The van der Waals surface area contributed by atoms with E-state index < -0.39 is 0 Å². The van der Waals surface area contributed by atoms with Crippen LogP contribution in [0, 0.1) is 0 Å². The van der Waals surface area contributed by atoms with Crippen LogP contribution in [0.15, 0.2) is 77.2 Å². The van der Waals surface area contributed by atoms with E-state index in [1.54, 1.807) is 16.7 Å². The molecule has 4 nitrogen and oxygen atoms in total. The summed E-state index contributed by atoms with van der Waals surface area (Å²) in [4.78, 5) is 22.0. The van der Waals surface area contributed by atoms with E-state index in [9.17, 15) is 4.79 Å². The lowest BCUT2D eigenvalue weighted by Gasteiger charge is -2.12. The zero-order valence-electron chi connectivity index (χ0n) is 14.4. The Hall–Kier alpha value is -2.63. The molecule has 0 saturated carbocycles. The molecule has 2 heterocycles. The predicted molar refractivity (Wildman–Crippen MR) is 113 cm³/mol. The number of halogens is 1. The number of thioether (sulfide) groups is 1. The third-order valence-corrected chi connectivity index (χ3v) is 5.60. The largest absolute Gasteiger partial charge is 0.283 e. The third-order valence-electron chi connectivity index (χ3n) is 4.25. The Kier molecular flexibility index (Phi) is 4.97. The first-order chi connectivity index (χ1) is 13.2. The van der Waals surface area contributed by atoms with E-state index >= 15 is 0 Å². The monoisotopic (exact) mass is 393 g/mol. The van der Waals surface area contributed by atoms with Crippen molar-refractivity contribution in [2.24, 2.45) is 0 Å². The maximum absolute atomic E-state index is 12.8. The fraction of sp³-hybridized carbons (Fsp3) is 0.0952. The zero-order chi connectivity index (χ0) is 18.8. The van der Waals surface area contributed by atoms with Crippen molar-refractivity contribution >= 4 is 45.2 Å². The molecule has 2 aromatic carbocycles. The average Bonchev–Trinajstić information content (AvgIpc) is 2.69. The lowest BCUT2D eigenvalue weighted by atomic mass is 10.2. The van der Waals surface area contributed by atoms with Crippen LogP contribution in [0.3, 0.4) is 0 Å². The smallest absolute Gasteiger partial charge is 0.262 e. The highest BCUT2D eigenvalue weighted by Crippen LogP contribution is 2.27. The Morgan fingerprint density at radius 2 is 1.81 bits per heavy atom. The van der Waals surface area contributed by atoms with E-state index in [1.165, 1.54) is 11.8 Å². The normalized spacial score (nSPS) is 11.1. The van der Waals surface area contributed by atoms with E-state index in [0.717, 1.165) is 16.5 Å². The number of pyridine rings is 1. The second kappa shape index (κ2) is 7.55. The van der Waals surface area contributed by atoms with Gasteiger partial charge in [-0.2, -0.15) is 0 Å². The first-order valence-corrected chi connectivity index (χ1v) is 9.81. The van der Waals surface area contributed by atoms with Crippen molar-refractivity contribution in [1.29, 1.82) is 0 Å². The van der Waals surface area contributed by atoms with Crippen LogP contribution in [0.5, 0.6) is 0 Å². The Labute approximate surface area is 165 Å². The topological polar surface area (TPSA) is 47.8 Å². The number of benzene rings is 2. The second-order valence-corrected chi connectivity index (χ2v) is 7.34. The molecule has 6 heteroatoms. The Bertz CT molecular complexity index is 1220. The first kappa shape index (κ1) is 17.8. The second-order valence-electron chi connectivity index (χ2n) is 6.04. The van der Waals surface area contributed by atoms with E-state index in [4.69, 9.17) is 11.6 Å². The molecule has 0 bridgehead atoms. The van der Waals surface area contributed by atoms with Crippen LogP contribution in [0.2, 0.25) is 5.15 Å². The SMILES string of the molecule is C=CCn1c(SCc2cc3ccccc3nc2Cl)nc2ccccc2c1=O. The van der Waals surface area contributed by atoms with Crippen LogP contribution in [-0.4, -0.2) is 14.5 Å². The highest BCUT2D eigenvalue weighted by atomic mass is 35.5. The van der Waals surface area contributed by atoms with Gasteiger partial charge in [0.25, 0.3) is 5.56 Å². The van der Waals surface area contributed by atoms with Crippen molar-refractivity contribution in [3.63, 3.8) is 0 Å². The Balaban J connectivity index is 1.73. The number of para-hydroxylation sites is 2. The Morgan fingerprint density at radius 1 is 1.07 bits per heavy atom. The minimum atomic E-state index is -0.0641. The number of hydrogen-bond donors (Lipinski definition) is 0. The van der Waals surface area contributed by atoms with Crippen LogP contribution in [0.4, 0.5) is 0 Å². The van der Waals surface area contributed by atoms with E-state index in [-0.39, 0.29) is 5.56 Å². The summed E-state index contributed by atoms with van der Waals surface area (Å²) in [7, 11) is 0. The fourth-order valence-corrected chi connectivity index (χ4v) is 4.20. The van der Waals surface area contributed by atoms with Crippen molar-refractivity contribution in [3.8, 4) is 0 Å². The number of rotatable bonds is 5. The first-order valence-electron chi connectivity index (χ1n) is 8.45. The molecule has 0 aliphatic rings. The third kappa shape index (κ3) is 3.48. The van der Waals surface area contributed by atoms with Gasteiger partial charge in [0.1, 0.15) is 5.15 Å². The molecule has 0 N–H and O–H groups in total. The molecule has 0 saturated heterocycles. The summed E-state index contributed by atoms with van der Waals surface area (Å²) in [5.41, 5.74) is 2.40. The quantitative estimate of drug-likeness (QED) is 0.205. The van der Waals surface area contributed by atoms with Crippen LogP contribution in [0.1, 0.15) is 5.56 Å². The number of nitrogens with zero attached hydrogens (tertiary/aromatic N) is 3. The minimum absolute atomic E-state index is 0.0641. The molecule has 0 fully saturated rings. The number of allylic oxidation sites excluding steroid dienone is 1. The highest BCUT2D eigenvalue weighted by Gasteiger charge is 2.12. The van der Waals surface area contributed by atoms with Crippen molar-refractivity contribution in [2.75, 3.05) is 0 Å². The van der Waals surface area contributed by atoms with Crippen LogP contribution in [0.25, 0.3) is 21.8 Å².